The Bertz CT molecular complexity index is 549. The molecule has 0 aliphatic rings. The molecule has 4 heteroatoms. The number of hydrogen-bond acceptors (Lipinski definition) is 2. The second-order valence-electron chi connectivity index (χ2n) is 6.48. The molecule has 0 fully saturated rings. The van der Waals surface area contributed by atoms with E-state index >= 15 is 0 Å². The van der Waals surface area contributed by atoms with E-state index in [0.717, 1.165) is 62.5 Å². The van der Waals surface area contributed by atoms with Gasteiger partial charge in [-0.25, -0.2) is 9.59 Å². The number of benzene rings is 1. The molecule has 0 atom stereocenters. The lowest BCUT2D eigenvalue weighted by Gasteiger charge is -2.21. The average molecular weight is 334 g/mol. The van der Waals surface area contributed by atoms with Crippen LogP contribution in [-0.2, 0) is 12.8 Å². The maximum Gasteiger partial charge on any atom is 0.336 e. The summed E-state index contributed by atoms with van der Waals surface area (Å²) in [6.45, 7) is 7.80. The summed E-state index contributed by atoms with van der Waals surface area (Å²) < 4.78 is 0. The smallest absolute Gasteiger partial charge is 0.336 e. The number of rotatable bonds is 10. The van der Waals surface area contributed by atoms with Gasteiger partial charge in [-0.15, -0.1) is 0 Å². The molecular formula is C20H30O4. The Morgan fingerprint density at radius 3 is 1.29 bits per heavy atom. The monoisotopic (exact) mass is 334 g/mol. The minimum absolute atomic E-state index is 0.0364. The normalized spacial score (nSPS) is 10.8. The second-order valence-corrected chi connectivity index (χ2v) is 6.48. The third kappa shape index (κ3) is 4.59. The van der Waals surface area contributed by atoms with Gasteiger partial charge in [-0.2, -0.15) is 0 Å². The van der Waals surface area contributed by atoms with Crippen molar-refractivity contribution in [1.29, 1.82) is 0 Å². The van der Waals surface area contributed by atoms with Gasteiger partial charge in [-0.05, 0) is 61.8 Å². The van der Waals surface area contributed by atoms with Gasteiger partial charge in [0, 0.05) is 0 Å². The van der Waals surface area contributed by atoms with Crippen molar-refractivity contribution in [3.63, 3.8) is 0 Å². The van der Waals surface area contributed by atoms with Gasteiger partial charge in [0.2, 0.25) is 0 Å². The van der Waals surface area contributed by atoms with Crippen LogP contribution < -0.4 is 0 Å². The molecule has 0 aliphatic heterocycles. The second kappa shape index (κ2) is 9.45. The number of carboxylic acid groups (broad SMARTS) is 2. The molecule has 0 saturated heterocycles. The molecule has 0 heterocycles. The Hall–Kier alpha value is -1.84. The van der Waals surface area contributed by atoms with Crippen LogP contribution in [0.1, 0.15) is 95.3 Å². The largest absolute Gasteiger partial charge is 0.478 e. The first kappa shape index (κ1) is 20.2. The topological polar surface area (TPSA) is 74.6 Å². The molecule has 24 heavy (non-hydrogen) atoms. The molecule has 134 valence electrons. The van der Waals surface area contributed by atoms with E-state index < -0.39 is 11.9 Å². The van der Waals surface area contributed by atoms with Crippen molar-refractivity contribution < 1.29 is 19.8 Å². The van der Waals surface area contributed by atoms with Crippen molar-refractivity contribution in [3.05, 3.63) is 33.4 Å². The van der Waals surface area contributed by atoms with Crippen molar-refractivity contribution in [3.8, 4) is 0 Å². The van der Waals surface area contributed by atoms with Gasteiger partial charge < -0.3 is 10.2 Å². The summed E-state index contributed by atoms with van der Waals surface area (Å²) in [5, 5.41) is 19.1. The van der Waals surface area contributed by atoms with Crippen LogP contribution in [0.3, 0.4) is 0 Å². The summed E-state index contributed by atoms with van der Waals surface area (Å²) in [6.07, 6.45) is 8.03. The van der Waals surface area contributed by atoms with E-state index in [9.17, 15) is 19.8 Å². The van der Waals surface area contributed by atoms with E-state index in [2.05, 4.69) is 13.8 Å². The quantitative estimate of drug-likeness (QED) is 0.579. The number of carbonyl (C=O) groups is 2. The molecule has 1 rings (SSSR count). The first-order valence-electron chi connectivity index (χ1n) is 8.98. The number of aromatic carboxylic acids is 2. The maximum atomic E-state index is 11.7. The first-order chi connectivity index (χ1) is 11.4. The van der Waals surface area contributed by atoms with Gasteiger partial charge >= 0.3 is 11.9 Å². The van der Waals surface area contributed by atoms with E-state index in [1.807, 2.05) is 0 Å². The molecule has 0 amide bonds. The van der Waals surface area contributed by atoms with Crippen LogP contribution in [0, 0.1) is 13.8 Å². The zero-order chi connectivity index (χ0) is 18.3. The highest BCUT2D eigenvalue weighted by Crippen LogP contribution is 2.30. The summed E-state index contributed by atoms with van der Waals surface area (Å²) in [4.78, 5) is 23.4. The fraction of sp³-hybridized carbons (Fsp3) is 0.600. The zero-order valence-electron chi connectivity index (χ0n) is 15.4. The van der Waals surface area contributed by atoms with Crippen LogP contribution in [-0.4, -0.2) is 22.2 Å². The van der Waals surface area contributed by atoms with Crippen LogP contribution in [0.4, 0.5) is 0 Å². The molecule has 0 saturated carbocycles. The van der Waals surface area contributed by atoms with E-state index in [1.165, 1.54) is 0 Å². The summed E-state index contributed by atoms with van der Waals surface area (Å²) in [5.74, 6) is -2.30. The molecule has 1 aromatic rings. The predicted octanol–water partition coefficient (Wildman–Crippen LogP) is 5.17. The molecule has 4 nitrogen and oxygen atoms in total. The van der Waals surface area contributed by atoms with Crippen LogP contribution in [0.2, 0.25) is 0 Å². The van der Waals surface area contributed by atoms with Gasteiger partial charge in [0.1, 0.15) is 0 Å². The standard InChI is InChI=1S/C20H30O4/c1-5-7-9-11-15-13(3)17(19(21)22)18(20(23)24)14(4)16(15)12-10-8-6-2/h5-12H2,1-4H3,(H,21,22)(H,23,24). The number of hydrogen-bond donors (Lipinski definition) is 2. The Kier molecular flexibility index (Phi) is 7.96. The highest BCUT2D eigenvalue weighted by Gasteiger charge is 2.26. The lowest BCUT2D eigenvalue weighted by molar-refractivity contribution is 0.0649. The molecule has 2 N–H and O–H groups in total. The van der Waals surface area contributed by atoms with E-state index in [1.54, 1.807) is 13.8 Å². The lowest BCUT2D eigenvalue weighted by Crippen LogP contribution is -2.17. The lowest BCUT2D eigenvalue weighted by atomic mass is 9.83. The molecule has 1 aromatic carbocycles. The van der Waals surface area contributed by atoms with Gasteiger partial charge in [0.05, 0.1) is 11.1 Å². The first-order valence-corrected chi connectivity index (χ1v) is 8.98. The number of carboxylic acids is 2. The Morgan fingerprint density at radius 2 is 1.04 bits per heavy atom. The third-order valence-electron chi connectivity index (χ3n) is 4.76. The number of unbranched alkanes of at least 4 members (excludes halogenated alkanes) is 4. The molecule has 0 bridgehead atoms. The highest BCUT2D eigenvalue weighted by molar-refractivity contribution is 6.04. The average Bonchev–Trinajstić information content (AvgIpc) is 2.51. The van der Waals surface area contributed by atoms with Gasteiger partial charge in [0.25, 0.3) is 0 Å². The van der Waals surface area contributed by atoms with Crippen molar-refractivity contribution in [2.45, 2.75) is 79.1 Å². The zero-order valence-corrected chi connectivity index (χ0v) is 15.4. The summed E-state index contributed by atoms with van der Waals surface area (Å²) >= 11 is 0. The van der Waals surface area contributed by atoms with Crippen LogP contribution in [0.5, 0.6) is 0 Å². The minimum atomic E-state index is -1.15. The van der Waals surface area contributed by atoms with E-state index in [-0.39, 0.29) is 11.1 Å². The minimum Gasteiger partial charge on any atom is -0.478 e. The van der Waals surface area contributed by atoms with Crippen molar-refractivity contribution in [1.82, 2.24) is 0 Å². The van der Waals surface area contributed by atoms with Crippen LogP contribution in [0.15, 0.2) is 0 Å². The van der Waals surface area contributed by atoms with Crippen molar-refractivity contribution in [2.75, 3.05) is 0 Å². The summed E-state index contributed by atoms with van der Waals surface area (Å²) in [5.41, 5.74) is 3.30. The molecule has 0 unspecified atom stereocenters. The SMILES string of the molecule is CCCCCc1c(C)c(C(=O)O)c(C(=O)O)c(C)c1CCCCC. The van der Waals surface area contributed by atoms with Gasteiger partial charge in [0.15, 0.2) is 0 Å². The van der Waals surface area contributed by atoms with Gasteiger partial charge in [-0.3, -0.25) is 0 Å². The Labute approximate surface area is 144 Å². The maximum absolute atomic E-state index is 11.7. The molecule has 0 aliphatic carbocycles. The fourth-order valence-corrected chi connectivity index (χ4v) is 3.44. The fourth-order valence-electron chi connectivity index (χ4n) is 3.44. The Balaban J connectivity index is 3.50. The van der Waals surface area contributed by atoms with Crippen LogP contribution >= 0.6 is 0 Å². The summed E-state index contributed by atoms with van der Waals surface area (Å²) in [6, 6.07) is 0. The molecule has 0 spiro atoms. The highest BCUT2D eigenvalue weighted by atomic mass is 16.4. The van der Waals surface area contributed by atoms with Crippen molar-refractivity contribution >= 4 is 11.9 Å². The van der Waals surface area contributed by atoms with E-state index in [0.29, 0.717) is 11.1 Å². The molecule has 0 radical (unpaired) electrons. The predicted molar refractivity (Wildman–Crippen MR) is 96.3 cm³/mol. The molecular weight excluding hydrogens is 304 g/mol. The van der Waals surface area contributed by atoms with Gasteiger partial charge in [-0.1, -0.05) is 39.5 Å². The van der Waals surface area contributed by atoms with Crippen molar-refractivity contribution in [2.24, 2.45) is 0 Å². The summed E-state index contributed by atoms with van der Waals surface area (Å²) in [7, 11) is 0. The van der Waals surface area contributed by atoms with Crippen LogP contribution in [0.25, 0.3) is 0 Å². The Morgan fingerprint density at radius 1 is 0.708 bits per heavy atom. The van der Waals surface area contributed by atoms with E-state index in [4.69, 9.17) is 0 Å². The third-order valence-corrected chi connectivity index (χ3v) is 4.76. The molecule has 0 aromatic heterocycles.